The minimum absolute atomic E-state index is 0. The van der Waals surface area contributed by atoms with E-state index >= 15 is 0 Å². The van der Waals surface area contributed by atoms with E-state index < -0.39 is 0 Å². The molecule has 0 radical (unpaired) electrons. The van der Waals surface area contributed by atoms with Gasteiger partial charge in [0.1, 0.15) is 12.4 Å². The monoisotopic (exact) mass is 482 g/mol. The number of aliphatic imine (C=N–C) groups is 1. The summed E-state index contributed by atoms with van der Waals surface area (Å²) >= 11 is 0. The predicted molar refractivity (Wildman–Crippen MR) is 125 cm³/mol. The molecule has 0 aliphatic carbocycles. The number of ether oxygens (including phenoxy) is 1. The molecule has 0 saturated heterocycles. The minimum Gasteiger partial charge on any atom is -0.492 e. The van der Waals surface area contributed by atoms with Gasteiger partial charge in [0.05, 0.1) is 6.54 Å². The number of guanidine groups is 1. The van der Waals surface area contributed by atoms with Crippen molar-refractivity contribution >= 4 is 35.6 Å². The van der Waals surface area contributed by atoms with Crippen molar-refractivity contribution in [2.75, 3.05) is 31.6 Å². The molecule has 3 N–H and O–H groups in total. The second-order valence-electron chi connectivity index (χ2n) is 6.18. The van der Waals surface area contributed by atoms with Gasteiger partial charge in [-0.3, -0.25) is 0 Å². The number of nitrogens with two attached hydrogens (primary N) is 1. The molecule has 0 saturated carbocycles. The number of hydrogen-bond acceptors (Lipinski definition) is 3. The Balaban J connectivity index is 0.00000364. The van der Waals surface area contributed by atoms with Crippen LogP contribution in [-0.2, 0) is 6.54 Å². The fourth-order valence-electron chi connectivity index (χ4n) is 2.59. The molecule has 0 aliphatic rings. The van der Waals surface area contributed by atoms with Gasteiger partial charge in [0.2, 0.25) is 0 Å². The van der Waals surface area contributed by atoms with Crippen LogP contribution in [0.15, 0.2) is 53.5 Å². The second kappa shape index (κ2) is 12.6. The van der Waals surface area contributed by atoms with Crippen LogP contribution in [0.2, 0.25) is 0 Å². The van der Waals surface area contributed by atoms with Crippen molar-refractivity contribution in [2.24, 2.45) is 10.7 Å². The summed E-state index contributed by atoms with van der Waals surface area (Å²) in [5.41, 5.74) is 9.18. The molecule has 2 aromatic rings. The Labute approximate surface area is 180 Å². The summed E-state index contributed by atoms with van der Waals surface area (Å²) in [7, 11) is 0. The molecule has 0 heterocycles. The first-order chi connectivity index (χ1) is 12.6. The van der Waals surface area contributed by atoms with E-state index in [1.54, 1.807) is 0 Å². The molecule has 0 aromatic heterocycles. The van der Waals surface area contributed by atoms with Crippen LogP contribution in [0.5, 0.6) is 5.75 Å². The number of aryl methyl sites for hydroxylation is 1. The highest BCUT2D eigenvalue weighted by molar-refractivity contribution is 14.0. The van der Waals surface area contributed by atoms with Gasteiger partial charge in [0.15, 0.2) is 5.96 Å². The maximum Gasteiger partial charge on any atom is 0.193 e. The number of rotatable bonds is 9. The number of para-hydroxylation sites is 1. The van der Waals surface area contributed by atoms with Crippen LogP contribution in [0.3, 0.4) is 0 Å². The van der Waals surface area contributed by atoms with Crippen LogP contribution < -0.4 is 15.8 Å². The van der Waals surface area contributed by atoms with E-state index in [1.165, 1.54) is 5.56 Å². The average Bonchev–Trinajstić information content (AvgIpc) is 2.66. The first-order valence-electron chi connectivity index (χ1n) is 9.19. The third-order valence-corrected chi connectivity index (χ3v) is 4.28. The normalized spacial score (nSPS) is 11.2. The summed E-state index contributed by atoms with van der Waals surface area (Å²) in [5, 5.41) is 3.11. The lowest BCUT2D eigenvalue weighted by Crippen LogP contribution is -2.28. The minimum atomic E-state index is 0. The Kier molecular flexibility index (Phi) is 10.8. The van der Waals surface area contributed by atoms with E-state index in [2.05, 4.69) is 36.0 Å². The van der Waals surface area contributed by atoms with Crippen LogP contribution in [0, 0.1) is 6.92 Å². The molecule has 0 amide bonds. The maximum atomic E-state index is 6.01. The Bertz CT molecular complexity index is 700. The van der Waals surface area contributed by atoms with Crippen LogP contribution in [0.4, 0.5) is 5.69 Å². The summed E-state index contributed by atoms with van der Waals surface area (Å²) in [4.78, 5) is 6.78. The first kappa shape index (κ1) is 23.2. The zero-order valence-corrected chi connectivity index (χ0v) is 18.8. The van der Waals surface area contributed by atoms with Gasteiger partial charge in [-0.25, -0.2) is 4.99 Å². The molecular formula is C21H31IN4O. The Hall–Kier alpha value is -1.80. The molecule has 2 rings (SSSR count). The molecule has 0 spiro atoms. The molecule has 0 fully saturated rings. The van der Waals surface area contributed by atoms with Crippen molar-refractivity contribution in [3.05, 3.63) is 59.7 Å². The third kappa shape index (κ3) is 8.17. The van der Waals surface area contributed by atoms with E-state index in [1.807, 2.05) is 48.5 Å². The number of nitrogens with zero attached hydrogens (tertiary/aromatic N) is 2. The van der Waals surface area contributed by atoms with Gasteiger partial charge < -0.3 is 20.7 Å². The number of nitrogens with one attached hydrogen (secondary N) is 1. The third-order valence-electron chi connectivity index (χ3n) is 4.28. The van der Waals surface area contributed by atoms with Crippen LogP contribution in [0.1, 0.15) is 25.0 Å². The summed E-state index contributed by atoms with van der Waals surface area (Å²) in [5.74, 6) is 1.26. The molecular weight excluding hydrogens is 451 g/mol. The van der Waals surface area contributed by atoms with Gasteiger partial charge in [0, 0.05) is 17.8 Å². The van der Waals surface area contributed by atoms with Gasteiger partial charge in [-0.1, -0.05) is 49.7 Å². The molecule has 0 aliphatic heterocycles. The second-order valence-corrected chi connectivity index (χ2v) is 6.18. The Morgan fingerprint density at radius 2 is 1.74 bits per heavy atom. The molecule has 0 bridgehead atoms. The maximum absolute atomic E-state index is 6.01. The molecule has 2 aromatic carbocycles. The van der Waals surface area contributed by atoms with Crippen LogP contribution >= 0.6 is 24.0 Å². The number of benzene rings is 2. The number of anilines is 1. The lowest BCUT2D eigenvalue weighted by Gasteiger charge is -2.18. The quantitative estimate of drug-likeness (QED) is 0.319. The largest absolute Gasteiger partial charge is 0.492 e. The van der Waals surface area contributed by atoms with Gasteiger partial charge >= 0.3 is 0 Å². The van der Waals surface area contributed by atoms with Crippen molar-refractivity contribution in [3.63, 3.8) is 0 Å². The molecule has 27 heavy (non-hydrogen) atoms. The topological polar surface area (TPSA) is 62.9 Å². The van der Waals surface area contributed by atoms with E-state index in [0.717, 1.165) is 36.6 Å². The highest BCUT2D eigenvalue weighted by atomic mass is 127. The predicted octanol–water partition coefficient (Wildman–Crippen LogP) is 4.26. The van der Waals surface area contributed by atoms with Gasteiger partial charge in [0.25, 0.3) is 0 Å². The van der Waals surface area contributed by atoms with Gasteiger partial charge in [-0.2, -0.15) is 0 Å². The van der Waals surface area contributed by atoms with Gasteiger partial charge in [-0.05, 0) is 38.2 Å². The number of halogens is 1. The summed E-state index contributed by atoms with van der Waals surface area (Å²) in [6, 6.07) is 16.0. The van der Waals surface area contributed by atoms with Crippen molar-refractivity contribution in [1.29, 1.82) is 0 Å². The Morgan fingerprint density at radius 1 is 1.07 bits per heavy atom. The van der Waals surface area contributed by atoms with Gasteiger partial charge in [-0.15, -0.1) is 24.0 Å². The Morgan fingerprint density at radius 3 is 2.41 bits per heavy atom. The summed E-state index contributed by atoms with van der Waals surface area (Å²) < 4.78 is 5.96. The van der Waals surface area contributed by atoms with Crippen molar-refractivity contribution in [1.82, 2.24) is 4.90 Å². The van der Waals surface area contributed by atoms with Crippen LogP contribution in [-0.4, -0.2) is 37.1 Å². The van der Waals surface area contributed by atoms with Crippen LogP contribution in [0.25, 0.3) is 0 Å². The van der Waals surface area contributed by atoms with E-state index in [9.17, 15) is 0 Å². The molecule has 6 heteroatoms. The lowest BCUT2D eigenvalue weighted by atomic mass is 10.2. The van der Waals surface area contributed by atoms with E-state index in [4.69, 9.17) is 10.5 Å². The molecule has 0 unspecified atom stereocenters. The molecule has 5 nitrogen and oxygen atoms in total. The highest BCUT2D eigenvalue weighted by Crippen LogP contribution is 2.19. The zero-order chi connectivity index (χ0) is 18.8. The number of likely N-dealkylation sites (N-methyl/N-ethyl adjacent to an activating group) is 1. The number of hydrogen-bond donors (Lipinski definition) is 2. The average molecular weight is 482 g/mol. The summed E-state index contributed by atoms with van der Waals surface area (Å²) in [6.45, 7) is 10.5. The first-order valence-corrected chi connectivity index (χ1v) is 9.19. The smallest absolute Gasteiger partial charge is 0.193 e. The fraction of sp³-hybridized carbons (Fsp3) is 0.381. The fourth-order valence-corrected chi connectivity index (χ4v) is 2.59. The van der Waals surface area contributed by atoms with E-state index in [0.29, 0.717) is 19.1 Å². The van der Waals surface area contributed by atoms with Crippen molar-refractivity contribution in [2.45, 2.75) is 27.3 Å². The molecule has 0 atom stereocenters. The van der Waals surface area contributed by atoms with Crippen molar-refractivity contribution in [3.8, 4) is 5.75 Å². The SMILES string of the molecule is CCN(CC)CCOc1ccccc1CN=C(N)Nc1ccc(C)cc1.I. The standard InChI is InChI=1S/C21H30N4O.HI/c1-4-25(5-2)14-15-26-20-9-7-6-8-18(20)16-23-21(22)24-19-12-10-17(3)11-13-19;/h6-13H,4-5,14-16H2,1-3H3,(H3,22,23,24);1H. The molecule has 148 valence electrons. The van der Waals surface area contributed by atoms with E-state index in [-0.39, 0.29) is 24.0 Å². The zero-order valence-electron chi connectivity index (χ0n) is 16.4. The van der Waals surface area contributed by atoms with Crippen molar-refractivity contribution < 1.29 is 4.74 Å². The lowest BCUT2D eigenvalue weighted by molar-refractivity contribution is 0.221. The highest BCUT2D eigenvalue weighted by Gasteiger charge is 2.05. The summed E-state index contributed by atoms with van der Waals surface area (Å²) in [6.07, 6.45) is 0.